The Bertz CT molecular complexity index is 864. The van der Waals surface area contributed by atoms with Crippen molar-refractivity contribution < 1.29 is 23.9 Å². The first kappa shape index (κ1) is 27.0. The number of halogens is 1. The lowest BCUT2D eigenvalue weighted by molar-refractivity contribution is -0.147. The standard InChI is InChI=1S/C23H32BrN3O5S/c1-4-5-11-32-20(28)14-18-22(30)25-9-10-27(18)23(33)26-21(29)16-6-7-19(17(24)13-16)31-12-8-15(2)3/h6-7,13,15,18H,4-5,8-12,14H2,1-3H3,(H,25,30)(H,26,29,33). The molecule has 182 valence electrons. The Morgan fingerprint density at radius 1 is 1.33 bits per heavy atom. The van der Waals surface area contributed by atoms with Gasteiger partial charge >= 0.3 is 5.97 Å². The third kappa shape index (κ3) is 8.58. The fourth-order valence-electron chi connectivity index (χ4n) is 3.11. The number of unbranched alkanes of at least 4 members (excludes halogenated alkanes) is 1. The van der Waals surface area contributed by atoms with E-state index < -0.39 is 17.9 Å². The molecule has 1 aromatic carbocycles. The molecule has 0 radical (unpaired) electrons. The topological polar surface area (TPSA) is 97.0 Å². The molecule has 0 saturated carbocycles. The molecular weight excluding hydrogens is 510 g/mol. The minimum absolute atomic E-state index is 0.0922. The SMILES string of the molecule is CCCCOC(=O)CC1C(=O)NCCN1C(=S)NC(=O)c1ccc(OCCC(C)C)c(Br)c1. The largest absolute Gasteiger partial charge is 0.492 e. The van der Waals surface area contributed by atoms with E-state index in [1.54, 1.807) is 23.1 Å². The lowest BCUT2D eigenvalue weighted by Crippen LogP contribution is -2.60. The Kier molecular flexibility index (Phi) is 11.1. The number of benzene rings is 1. The van der Waals surface area contributed by atoms with Gasteiger partial charge in [0, 0.05) is 18.7 Å². The zero-order valence-corrected chi connectivity index (χ0v) is 21.7. The Morgan fingerprint density at radius 3 is 2.76 bits per heavy atom. The van der Waals surface area contributed by atoms with E-state index in [0.717, 1.165) is 19.3 Å². The van der Waals surface area contributed by atoms with Gasteiger partial charge in [-0.05, 0) is 65.1 Å². The minimum atomic E-state index is -0.829. The van der Waals surface area contributed by atoms with E-state index in [-0.39, 0.29) is 17.4 Å². The summed E-state index contributed by atoms with van der Waals surface area (Å²) in [6, 6.07) is 4.21. The lowest BCUT2D eigenvalue weighted by atomic mass is 10.1. The molecular formula is C23H32BrN3O5S. The molecule has 0 aliphatic carbocycles. The fraction of sp³-hybridized carbons (Fsp3) is 0.565. The molecule has 2 rings (SSSR count). The lowest BCUT2D eigenvalue weighted by Gasteiger charge is -2.36. The number of ether oxygens (including phenoxy) is 2. The molecule has 0 spiro atoms. The maximum atomic E-state index is 12.8. The van der Waals surface area contributed by atoms with Crippen LogP contribution in [0.1, 0.15) is 56.8 Å². The molecule has 1 aromatic rings. The number of hydrogen-bond acceptors (Lipinski definition) is 6. The number of carbonyl (C=O) groups is 3. The summed E-state index contributed by atoms with van der Waals surface area (Å²) in [5.41, 5.74) is 0.387. The molecule has 1 aliphatic heterocycles. The van der Waals surface area contributed by atoms with E-state index in [9.17, 15) is 14.4 Å². The molecule has 1 fully saturated rings. The van der Waals surface area contributed by atoms with Gasteiger partial charge in [0.1, 0.15) is 11.8 Å². The molecule has 10 heteroatoms. The number of carbonyl (C=O) groups excluding carboxylic acids is 3. The van der Waals surface area contributed by atoms with Crippen LogP contribution in [0.3, 0.4) is 0 Å². The Hall–Kier alpha value is -2.20. The third-order valence-corrected chi connectivity index (χ3v) is 6.04. The number of rotatable bonds is 10. The van der Waals surface area contributed by atoms with E-state index in [2.05, 4.69) is 40.4 Å². The Morgan fingerprint density at radius 2 is 2.09 bits per heavy atom. The predicted molar refractivity (Wildman–Crippen MR) is 133 cm³/mol. The third-order valence-electron chi connectivity index (χ3n) is 5.08. The average molecular weight is 542 g/mol. The van der Waals surface area contributed by atoms with Crippen LogP contribution in [0.25, 0.3) is 0 Å². The molecule has 33 heavy (non-hydrogen) atoms. The molecule has 8 nitrogen and oxygen atoms in total. The van der Waals surface area contributed by atoms with Crippen LogP contribution >= 0.6 is 28.1 Å². The smallest absolute Gasteiger partial charge is 0.308 e. The molecule has 1 atom stereocenters. The van der Waals surface area contributed by atoms with Crippen molar-refractivity contribution in [2.24, 2.45) is 5.92 Å². The summed E-state index contributed by atoms with van der Waals surface area (Å²) in [7, 11) is 0. The van der Waals surface area contributed by atoms with Crippen molar-refractivity contribution in [2.75, 3.05) is 26.3 Å². The van der Waals surface area contributed by atoms with Crippen LogP contribution in [-0.2, 0) is 14.3 Å². The van der Waals surface area contributed by atoms with Crippen molar-refractivity contribution in [2.45, 2.75) is 52.5 Å². The second-order valence-electron chi connectivity index (χ2n) is 8.21. The number of amides is 2. The first-order valence-corrected chi connectivity index (χ1v) is 12.4. The van der Waals surface area contributed by atoms with Gasteiger partial charge < -0.3 is 19.7 Å². The van der Waals surface area contributed by atoms with Gasteiger partial charge in [0.2, 0.25) is 5.91 Å². The maximum Gasteiger partial charge on any atom is 0.308 e. The highest BCUT2D eigenvalue weighted by molar-refractivity contribution is 9.10. The monoisotopic (exact) mass is 541 g/mol. The van der Waals surface area contributed by atoms with Gasteiger partial charge in [0.25, 0.3) is 5.91 Å². The Balaban J connectivity index is 1.99. The number of thiocarbonyl (C=S) groups is 1. The zero-order valence-electron chi connectivity index (χ0n) is 19.3. The predicted octanol–water partition coefficient (Wildman–Crippen LogP) is 3.42. The highest BCUT2D eigenvalue weighted by atomic mass is 79.9. The molecule has 1 heterocycles. The van der Waals surface area contributed by atoms with Crippen molar-refractivity contribution in [3.05, 3.63) is 28.2 Å². The number of esters is 1. The zero-order chi connectivity index (χ0) is 24.4. The second-order valence-corrected chi connectivity index (χ2v) is 9.45. The maximum absolute atomic E-state index is 12.8. The average Bonchev–Trinajstić information content (AvgIpc) is 2.76. The summed E-state index contributed by atoms with van der Waals surface area (Å²) in [6.45, 7) is 7.90. The van der Waals surface area contributed by atoms with Crippen molar-refractivity contribution in [3.63, 3.8) is 0 Å². The van der Waals surface area contributed by atoms with Crippen molar-refractivity contribution >= 4 is 51.0 Å². The molecule has 0 bridgehead atoms. The van der Waals surface area contributed by atoms with Crippen molar-refractivity contribution in [3.8, 4) is 5.75 Å². The van der Waals surface area contributed by atoms with Gasteiger partial charge in [-0.25, -0.2) is 0 Å². The number of piperazine rings is 1. The molecule has 0 aromatic heterocycles. The first-order valence-electron chi connectivity index (χ1n) is 11.2. The molecule has 2 amide bonds. The van der Waals surface area contributed by atoms with Crippen LogP contribution in [0, 0.1) is 5.92 Å². The van der Waals surface area contributed by atoms with E-state index in [1.165, 1.54) is 0 Å². The quantitative estimate of drug-likeness (QED) is 0.266. The van der Waals surface area contributed by atoms with Crippen LogP contribution in [0.2, 0.25) is 0 Å². The van der Waals surface area contributed by atoms with Gasteiger partial charge in [0.15, 0.2) is 5.11 Å². The summed E-state index contributed by atoms with van der Waals surface area (Å²) in [5.74, 6) is -0.0138. The van der Waals surface area contributed by atoms with Gasteiger partial charge in [0.05, 0.1) is 24.1 Å². The number of nitrogens with zero attached hydrogens (tertiary/aromatic N) is 1. The normalized spacial score (nSPS) is 15.7. The van der Waals surface area contributed by atoms with Crippen LogP contribution in [-0.4, -0.2) is 60.1 Å². The summed E-state index contributed by atoms with van der Waals surface area (Å²) in [6.07, 6.45) is 2.46. The summed E-state index contributed by atoms with van der Waals surface area (Å²) in [5, 5.41) is 5.49. The minimum Gasteiger partial charge on any atom is -0.492 e. The highest BCUT2D eigenvalue weighted by Gasteiger charge is 2.34. The second kappa shape index (κ2) is 13.5. The van der Waals surface area contributed by atoms with E-state index >= 15 is 0 Å². The van der Waals surface area contributed by atoms with Crippen LogP contribution in [0.5, 0.6) is 5.75 Å². The summed E-state index contributed by atoms with van der Waals surface area (Å²) in [4.78, 5) is 38.9. The van der Waals surface area contributed by atoms with E-state index in [4.69, 9.17) is 21.7 Å². The first-order chi connectivity index (χ1) is 15.7. The van der Waals surface area contributed by atoms with Crippen molar-refractivity contribution in [1.82, 2.24) is 15.5 Å². The van der Waals surface area contributed by atoms with Gasteiger partial charge in [-0.1, -0.05) is 27.2 Å². The number of hydrogen-bond donors (Lipinski definition) is 2. The Labute approximate surface area is 208 Å². The van der Waals surface area contributed by atoms with Gasteiger partial charge in [-0.15, -0.1) is 0 Å². The summed E-state index contributed by atoms with van der Waals surface area (Å²) >= 11 is 8.85. The van der Waals surface area contributed by atoms with E-state index in [1.807, 2.05) is 6.92 Å². The van der Waals surface area contributed by atoms with Crippen LogP contribution in [0.4, 0.5) is 0 Å². The number of nitrogens with one attached hydrogen (secondary N) is 2. The molecule has 1 saturated heterocycles. The van der Waals surface area contributed by atoms with Crippen molar-refractivity contribution in [1.29, 1.82) is 0 Å². The van der Waals surface area contributed by atoms with Crippen LogP contribution < -0.4 is 15.4 Å². The van der Waals surface area contributed by atoms with Gasteiger partial charge in [-0.2, -0.15) is 0 Å². The van der Waals surface area contributed by atoms with Gasteiger partial charge in [-0.3, -0.25) is 19.7 Å². The van der Waals surface area contributed by atoms with Crippen LogP contribution in [0.15, 0.2) is 22.7 Å². The fourth-order valence-corrected chi connectivity index (χ4v) is 3.92. The molecule has 2 N–H and O–H groups in total. The van der Waals surface area contributed by atoms with E-state index in [0.29, 0.717) is 48.0 Å². The summed E-state index contributed by atoms with van der Waals surface area (Å²) < 4.78 is 11.6. The molecule has 1 unspecified atom stereocenters. The molecule has 1 aliphatic rings. The highest BCUT2D eigenvalue weighted by Crippen LogP contribution is 2.26.